The van der Waals surface area contributed by atoms with E-state index >= 15 is 0 Å². The standard InChI is InChI=1S/C18H18F3N3O2S/c19-18(20,21)26-17-8-4-3-7-16(17)24-15-6-2-1-5-14(15)23(27-24)12-13-11-22-9-10-25-13/h1-8,13,22H,9-12H2. The summed E-state index contributed by atoms with van der Waals surface area (Å²) < 4.78 is 52.2. The molecule has 144 valence electrons. The second-order valence-electron chi connectivity index (χ2n) is 6.14. The third-order valence-corrected chi connectivity index (χ3v) is 5.33. The lowest BCUT2D eigenvalue weighted by molar-refractivity contribution is -0.274. The molecule has 1 atom stereocenters. The van der Waals surface area contributed by atoms with E-state index in [9.17, 15) is 13.2 Å². The molecule has 0 aromatic heterocycles. The molecule has 0 saturated carbocycles. The summed E-state index contributed by atoms with van der Waals surface area (Å²) in [6.07, 6.45) is -4.73. The first-order chi connectivity index (χ1) is 13.0. The summed E-state index contributed by atoms with van der Waals surface area (Å²) in [5.74, 6) is -0.232. The first-order valence-electron chi connectivity index (χ1n) is 8.53. The van der Waals surface area contributed by atoms with Gasteiger partial charge in [-0.2, -0.15) is 0 Å². The number of benzene rings is 2. The molecule has 9 heteroatoms. The Labute approximate surface area is 159 Å². The van der Waals surface area contributed by atoms with Crippen molar-refractivity contribution in [3.8, 4) is 5.75 Å². The molecule has 0 aliphatic carbocycles. The van der Waals surface area contributed by atoms with Gasteiger partial charge in [-0.25, -0.2) is 0 Å². The molecule has 5 nitrogen and oxygen atoms in total. The van der Waals surface area contributed by atoms with Gasteiger partial charge in [-0.15, -0.1) is 13.2 Å². The lowest BCUT2D eigenvalue weighted by Gasteiger charge is -2.28. The Kier molecular flexibility index (Phi) is 5.07. The number of alkyl halides is 3. The van der Waals surface area contributed by atoms with Crippen molar-refractivity contribution in [3.63, 3.8) is 0 Å². The summed E-state index contributed by atoms with van der Waals surface area (Å²) >= 11 is 1.34. The van der Waals surface area contributed by atoms with Crippen LogP contribution in [0.4, 0.5) is 30.2 Å². The summed E-state index contributed by atoms with van der Waals surface area (Å²) in [7, 11) is 0. The van der Waals surface area contributed by atoms with Gasteiger partial charge in [0.1, 0.15) is 0 Å². The maximum absolute atomic E-state index is 12.8. The van der Waals surface area contributed by atoms with E-state index in [1.807, 2.05) is 28.6 Å². The van der Waals surface area contributed by atoms with E-state index in [0.717, 1.165) is 24.5 Å². The van der Waals surface area contributed by atoms with Crippen LogP contribution in [0.2, 0.25) is 0 Å². The average Bonchev–Trinajstić information content (AvgIpc) is 3.00. The Morgan fingerprint density at radius 2 is 1.78 bits per heavy atom. The van der Waals surface area contributed by atoms with Crippen LogP contribution in [0.5, 0.6) is 5.75 Å². The van der Waals surface area contributed by atoms with Gasteiger partial charge in [0.25, 0.3) is 0 Å². The molecule has 27 heavy (non-hydrogen) atoms. The molecule has 1 fully saturated rings. The van der Waals surface area contributed by atoms with Crippen LogP contribution in [0.3, 0.4) is 0 Å². The van der Waals surface area contributed by atoms with Crippen LogP contribution >= 0.6 is 12.1 Å². The molecular weight excluding hydrogens is 379 g/mol. The van der Waals surface area contributed by atoms with Crippen LogP contribution in [0.15, 0.2) is 48.5 Å². The van der Waals surface area contributed by atoms with Crippen molar-refractivity contribution < 1.29 is 22.6 Å². The van der Waals surface area contributed by atoms with E-state index in [0.29, 0.717) is 18.8 Å². The molecule has 2 aromatic rings. The van der Waals surface area contributed by atoms with E-state index in [2.05, 4.69) is 10.1 Å². The lowest BCUT2D eigenvalue weighted by Crippen LogP contribution is -2.43. The minimum absolute atomic E-state index is 0.0147. The maximum Gasteiger partial charge on any atom is 0.573 e. The smallest absolute Gasteiger partial charge is 0.404 e. The van der Waals surface area contributed by atoms with Gasteiger partial charge in [0, 0.05) is 13.1 Å². The van der Waals surface area contributed by atoms with Crippen LogP contribution in [0.25, 0.3) is 0 Å². The van der Waals surface area contributed by atoms with Crippen LogP contribution in [-0.4, -0.2) is 38.7 Å². The lowest BCUT2D eigenvalue weighted by atomic mass is 10.2. The first-order valence-corrected chi connectivity index (χ1v) is 9.26. The molecule has 4 rings (SSSR count). The number of rotatable bonds is 4. The molecule has 0 bridgehead atoms. The summed E-state index contributed by atoms with van der Waals surface area (Å²) in [4.78, 5) is 0. The molecule has 1 N–H and O–H groups in total. The molecule has 1 saturated heterocycles. The summed E-state index contributed by atoms with van der Waals surface area (Å²) in [6, 6.07) is 13.8. The van der Waals surface area contributed by atoms with Gasteiger partial charge < -0.3 is 14.8 Å². The van der Waals surface area contributed by atoms with Crippen molar-refractivity contribution in [3.05, 3.63) is 48.5 Å². The van der Waals surface area contributed by atoms with Crippen LogP contribution in [0, 0.1) is 0 Å². The zero-order valence-electron chi connectivity index (χ0n) is 14.3. The highest BCUT2D eigenvalue weighted by Gasteiger charge is 2.36. The van der Waals surface area contributed by atoms with Crippen LogP contribution < -0.4 is 18.7 Å². The highest BCUT2D eigenvalue weighted by atomic mass is 32.2. The second kappa shape index (κ2) is 7.49. The molecule has 2 aliphatic rings. The number of halogens is 3. The molecule has 1 unspecified atom stereocenters. The second-order valence-corrected chi connectivity index (χ2v) is 7.11. The van der Waals surface area contributed by atoms with E-state index in [1.165, 1.54) is 24.3 Å². The average molecular weight is 397 g/mol. The zero-order valence-corrected chi connectivity index (χ0v) is 15.1. The summed E-state index contributed by atoms with van der Waals surface area (Å²) in [5, 5.41) is 3.29. The Morgan fingerprint density at radius 1 is 1.07 bits per heavy atom. The number of ether oxygens (including phenoxy) is 2. The highest BCUT2D eigenvalue weighted by Crippen LogP contribution is 2.51. The largest absolute Gasteiger partial charge is 0.573 e. The van der Waals surface area contributed by atoms with Crippen molar-refractivity contribution in [2.75, 3.05) is 34.9 Å². The number of para-hydroxylation sites is 4. The van der Waals surface area contributed by atoms with Crippen molar-refractivity contribution in [2.45, 2.75) is 12.5 Å². The Hall–Kier alpha value is -2.10. The quantitative estimate of drug-likeness (QED) is 0.784. The summed E-state index contributed by atoms with van der Waals surface area (Å²) in [6.45, 7) is 2.84. The minimum atomic E-state index is -4.75. The monoisotopic (exact) mass is 397 g/mol. The summed E-state index contributed by atoms with van der Waals surface area (Å²) in [5.41, 5.74) is 2.08. The number of hydrogen-bond acceptors (Lipinski definition) is 6. The van der Waals surface area contributed by atoms with Crippen molar-refractivity contribution in [2.24, 2.45) is 0 Å². The van der Waals surface area contributed by atoms with Gasteiger partial charge in [-0.1, -0.05) is 24.3 Å². The molecule has 0 spiro atoms. The molecule has 0 amide bonds. The highest BCUT2D eigenvalue weighted by molar-refractivity contribution is 8.02. The van der Waals surface area contributed by atoms with Gasteiger partial charge in [0.15, 0.2) is 5.75 Å². The molecule has 2 aliphatic heterocycles. The fourth-order valence-electron chi connectivity index (χ4n) is 3.10. The van der Waals surface area contributed by atoms with E-state index < -0.39 is 6.36 Å². The Balaban J connectivity index is 1.63. The molecule has 2 aromatic carbocycles. The molecular formula is C18H18F3N3O2S. The van der Waals surface area contributed by atoms with Gasteiger partial charge in [-0.05, 0) is 24.3 Å². The molecule has 2 heterocycles. The predicted molar refractivity (Wildman–Crippen MR) is 99.3 cm³/mol. The van der Waals surface area contributed by atoms with E-state index in [1.54, 1.807) is 16.4 Å². The van der Waals surface area contributed by atoms with Crippen LogP contribution in [-0.2, 0) is 4.74 Å². The number of nitrogens with zero attached hydrogens (tertiary/aromatic N) is 2. The number of nitrogens with one attached hydrogen (secondary N) is 1. The molecule has 0 radical (unpaired) electrons. The third kappa shape index (κ3) is 4.10. The Bertz CT molecular complexity index is 799. The van der Waals surface area contributed by atoms with Crippen molar-refractivity contribution >= 4 is 29.2 Å². The zero-order chi connectivity index (χ0) is 18.9. The van der Waals surface area contributed by atoms with Gasteiger partial charge in [-0.3, -0.25) is 8.61 Å². The predicted octanol–water partition coefficient (Wildman–Crippen LogP) is 4.09. The topological polar surface area (TPSA) is 37.0 Å². The van der Waals surface area contributed by atoms with Gasteiger partial charge in [0.05, 0.1) is 48.5 Å². The fraction of sp³-hybridized carbons (Fsp3) is 0.333. The van der Waals surface area contributed by atoms with E-state index in [-0.39, 0.29) is 11.9 Å². The van der Waals surface area contributed by atoms with Gasteiger partial charge in [0.2, 0.25) is 0 Å². The van der Waals surface area contributed by atoms with Crippen molar-refractivity contribution in [1.29, 1.82) is 0 Å². The Morgan fingerprint density at radius 3 is 2.48 bits per heavy atom. The third-order valence-electron chi connectivity index (χ3n) is 4.23. The SMILES string of the molecule is FC(F)(F)Oc1ccccc1N1SN(CC2CNCCO2)c2ccccc21. The number of fused-ring (bicyclic) bond motifs is 1. The minimum Gasteiger partial charge on any atom is -0.404 e. The van der Waals surface area contributed by atoms with E-state index in [4.69, 9.17) is 4.74 Å². The van der Waals surface area contributed by atoms with Crippen molar-refractivity contribution in [1.82, 2.24) is 5.32 Å². The first kappa shape index (κ1) is 18.3. The number of morpholine rings is 1. The number of anilines is 3. The number of hydrogen-bond donors (Lipinski definition) is 1. The maximum atomic E-state index is 12.8. The fourth-order valence-corrected chi connectivity index (χ4v) is 4.25. The normalized spacial score (nSPS) is 19.9. The van der Waals surface area contributed by atoms with Gasteiger partial charge >= 0.3 is 6.36 Å². The van der Waals surface area contributed by atoms with Crippen LogP contribution in [0.1, 0.15) is 0 Å².